The van der Waals surface area contributed by atoms with E-state index in [1.54, 1.807) is 7.05 Å². The third kappa shape index (κ3) is 4.68. The van der Waals surface area contributed by atoms with E-state index in [1.165, 1.54) is 22.7 Å². The van der Waals surface area contributed by atoms with E-state index in [9.17, 15) is 22.8 Å². The summed E-state index contributed by atoms with van der Waals surface area (Å²) < 4.78 is 39.4. The first-order valence-electron chi connectivity index (χ1n) is 7.42. The first-order valence-corrected chi connectivity index (χ1v) is 7.42. The number of nitrogens with one attached hydrogen (secondary N) is 1. The van der Waals surface area contributed by atoms with E-state index in [0.29, 0.717) is 31.6 Å². The van der Waals surface area contributed by atoms with Gasteiger partial charge in [0.1, 0.15) is 0 Å². The van der Waals surface area contributed by atoms with E-state index in [4.69, 9.17) is 0 Å². The van der Waals surface area contributed by atoms with Crippen LogP contribution in [0.5, 0.6) is 0 Å². The Kier molecular flexibility index (Phi) is 5.30. The molecule has 0 spiro atoms. The number of halogens is 3. The molecule has 1 saturated heterocycles. The maximum absolute atomic E-state index is 12.3. The molecule has 0 saturated carbocycles. The number of aryl methyl sites for hydroxylation is 1. The van der Waals surface area contributed by atoms with Crippen LogP contribution < -0.4 is 16.6 Å². The van der Waals surface area contributed by atoms with Gasteiger partial charge in [0.2, 0.25) is 0 Å². The van der Waals surface area contributed by atoms with Crippen LogP contribution in [0.1, 0.15) is 12.0 Å². The summed E-state index contributed by atoms with van der Waals surface area (Å²) in [6.07, 6.45) is -1.97. The fourth-order valence-corrected chi connectivity index (χ4v) is 2.89. The third-order valence-corrected chi connectivity index (χ3v) is 4.04. The molecule has 6 nitrogen and oxygen atoms in total. The van der Waals surface area contributed by atoms with Crippen LogP contribution in [0.4, 0.5) is 13.2 Å². The van der Waals surface area contributed by atoms with Gasteiger partial charge in [0.05, 0.1) is 6.54 Å². The fraction of sp³-hybridized carbons (Fsp3) is 0.714. The van der Waals surface area contributed by atoms with Crippen molar-refractivity contribution in [1.82, 2.24) is 19.4 Å². The summed E-state index contributed by atoms with van der Waals surface area (Å²) in [5.41, 5.74) is -0.289. The van der Waals surface area contributed by atoms with Crippen molar-refractivity contribution >= 4 is 0 Å². The molecule has 0 amide bonds. The van der Waals surface area contributed by atoms with Crippen LogP contribution in [0.3, 0.4) is 0 Å². The Bertz CT molecular complexity index is 665. The summed E-state index contributed by atoms with van der Waals surface area (Å²) in [6.45, 7) is 0.799. The first-order chi connectivity index (χ1) is 10.7. The minimum atomic E-state index is -4.16. The van der Waals surface area contributed by atoms with E-state index in [1.807, 2.05) is 0 Å². The number of nitrogens with zero attached hydrogens (tertiary/aromatic N) is 3. The van der Waals surface area contributed by atoms with Crippen molar-refractivity contribution in [2.24, 2.45) is 20.0 Å². The van der Waals surface area contributed by atoms with Crippen molar-refractivity contribution in [3.8, 4) is 0 Å². The molecule has 1 aromatic rings. The molecule has 1 aromatic heterocycles. The number of alkyl halides is 3. The van der Waals surface area contributed by atoms with Crippen molar-refractivity contribution in [2.45, 2.75) is 19.1 Å². The van der Waals surface area contributed by atoms with Gasteiger partial charge in [-0.15, -0.1) is 0 Å². The average Bonchev–Trinajstić information content (AvgIpc) is 2.87. The van der Waals surface area contributed by atoms with Crippen molar-refractivity contribution in [3.63, 3.8) is 0 Å². The molecule has 1 unspecified atom stereocenters. The molecule has 1 atom stereocenters. The molecule has 1 aliphatic rings. The summed E-state index contributed by atoms with van der Waals surface area (Å²) in [5.74, 6) is 0.133. The van der Waals surface area contributed by atoms with E-state index in [-0.39, 0.29) is 18.0 Å². The summed E-state index contributed by atoms with van der Waals surface area (Å²) in [7, 11) is 2.98. The first kappa shape index (κ1) is 17.7. The van der Waals surface area contributed by atoms with Gasteiger partial charge in [0, 0.05) is 38.9 Å². The normalized spacial score (nSPS) is 19.4. The predicted octanol–water partition coefficient (Wildman–Crippen LogP) is 0.0578. The van der Waals surface area contributed by atoms with Gasteiger partial charge in [-0.3, -0.25) is 14.3 Å². The molecule has 9 heteroatoms. The molecule has 0 aromatic carbocycles. The smallest absolute Gasteiger partial charge is 0.312 e. The second kappa shape index (κ2) is 6.88. The second-order valence-corrected chi connectivity index (χ2v) is 6.05. The number of aromatic nitrogens is 2. The van der Waals surface area contributed by atoms with Crippen molar-refractivity contribution in [3.05, 3.63) is 32.6 Å². The van der Waals surface area contributed by atoms with Crippen LogP contribution >= 0.6 is 0 Å². The lowest BCUT2D eigenvalue weighted by atomic mass is 10.1. The highest BCUT2D eigenvalue weighted by Crippen LogP contribution is 2.22. The summed E-state index contributed by atoms with van der Waals surface area (Å²) in [5, 5.41) is 3.11. The molecule has 1 aliphatic heterocycles. The zero-order chi connectivity index (χ0) is 17.2. The Balaban J connectivity index is 1.85. The van der Waals surface area contributed by atoms with Crippen molar-refractivity contribution in [2.75, 3.05) is 26.2 Å². The van der Waals surface area contributed by atoms with Crippen LogP contribution in [-0.4, -0.2) is 46.4 Å². The van der Waals surface area contributed by atoms with Gasteiger partial charge in [0.25, 0.3) is 5.56 Å². The Morgan fingerprint density at radius 3 is 2.65 bits per heavy atom. The minimum Gasteiger partial charge on any atom is -0.312 e. The largest absolute Gasteiger partial charge is 0.401 e. The number of rotatable bonds is 5. The third-order valence-electron chi connectivity index (χ3n) is 4.04. The highest BCUT2D eigenvalue weighted by atomic mass is 19.4. The van der Waals surface area contributed by atoms with Gasteiger partial charge in [-0.05, 0) is 25.4 Å². The minimum absolute atomic E-state index is 0.133. The van der Waals surface area contributed by atoms with Crippen LogP contribution in [0.25, 0.3) is 0 Å². The second-order valence-electron chi connectivity index (χ2n) is 6.05. The van der Waals surface area contributed by atoms with Gasteiger partial charge in [-0.2, -0.15) is 13.2 Å². The zero-order valence-corrected chi connectivity index (χ0v) is 13.2. The lowest BCUT2D eigenvalue weighted by molar-refractivity contribution is -0.143. The standard InChI is InChI=1S/C14H21F3N4O2/c1-19-8-11(12(22)20(2)13(19)23)6-18-5-10-3-4-21(7-10)9-14(15,16)17/h8,10,18H,3-7,9H2,1-2H3. The molecule has 1 N–H and O–H groups in total. The number of hydrogen-bond acceptors (Lipinski definition) is 4. The van der Waals surface area contributed by atoms with Gasteiger partial charge in [-0.1, -0.05) is 0 Å². The fourth-order valence-electron chi connectivity index (χ4n) is 2.89. The maximum atomic E-state index is 12.3. The van der Waals surface area contributed by atoms with E-state index < -0.39 is 18.4 Å². The molecule has 23 heavy (non-hydrogen) atoms. The highest BCUT2D eigenvalue weighted by molar-refractivity contribution is 5.05. The molecule has 0 radical (unpaired) electrons. The lowest BCUT2D eigenvalue weighted by Crippen LogP contribution is -2.40. The van der Waals surface area contributed by atoms with Crippen molar-refractivity contribution in [1.29, 1.82) is 0 Å². The molecule has 0 aliphatic carbocycles. The zero-order valence-electron chi connectivity index (χ0n) is 13.2. The molecule has 1 fully saturated rings. The van der Waals surface area contributed by atoms with E-state index in [2.05, 4.69) is 5.32 Å². The van der Waals surface area contributed by atoms with Gasteiger partial charge >= 0.3 is 11.9 Å². The Morgan fingerprint density at radius 1 is 1.30 bits per heavy atom. The lowest BCUT2D eigenvalue weighted by Gasteiger charge is -2.18. The molecule has 0 bridgehead atoms. The number of likely N-dealkylation sites (tertiary alicyclic amines) is 1. The van der Waals surface area contributed by atoms with Crippen LogP contribution in [-0.2, 0) is 20.6 Å². The average molecular weight is 334 g/mol. The van der Waals surface area contributed by atoms with Crippen LogP contribution in [0.15, 0.2) is 15.8 Å². The Hall–Kier alpha value is -1.61. The van der Waals surface area contributed by atoms with Crippen molar-refractivity contribution < 1.29 is 13.2 Å². The maximum Gasteiger partial charge on any atom is 0.401 e. The Labute approximate surface area is 131 Å². The topological polar surface area (TPSA) is 59.3 Å². The monoisotopic (exact) mass is 334 g/mol. The predicted molar refractivity (Wildman–Crippen MR) is 79.2 cm³/mol. The molecule has 130 valence electrons. The summed E-state index contributed by atoms with van der Waals surface area (Å²) >= 11 is 0. The van der Waals surface area contributed by atoms with E-state index in [0.717, 1.165) is 4.57 Å². The van der Waals surface area contributed by atoms with Gasteiger partial charge < -0.3 is 9.88 Å². The van der Waals surface area contributed by atoms with Gasteiger partial charge in [0.15, 0.2) is 0 Å². The molecular weight excluding hydrogens is 313 g/mol. The quantitative estimate of drug-likeness (QED) is 0.827. The van der Waals surface area contributed by atoms with Gasteiger partial charge in [-0.25, -0.2) is 4.79 Å². The number of hydrogen-bond donors (Lipinski definition) is 1. The van der Waals surface area contributed by atoms with Crippen LogP contribution in [0.2, 0.25) is 0 Å². The molecular formula is C14H21F3N4O2. The van der Waals surface area contributed by atoms with Crippen LogP contribution in [0, 0.1) is 5.92 Å². The SMILES string of the molecule is Cn1cc(CNCC2CCN(CC(F)(F)F)C2)c(=O)n(C)c1=O. The Morgan fingerprint density at radius 2 is 2.00 bits per heavy atom. The summed E-state index contributed by atoms with van der Waals surface area (Å²) in [6, 6.07) is 0. The molecule has 2 rings (SSSR count). The summed E-state index contributed by atoms with van der Waals surface area (Å²) in [4.78, 5) is 24.9. The molecule has 2 heterocycles. The van der Waals surface area contributed by atoms with E-state index >= 15 is 0 Å². The highest BCUT2D eigenvalue weighted by Gasteiger charge is 2.34.